The molecule has 0 unspecified atom stereocenters. The standard InChI is InChI=1S/C13H15N3O2/c1-16-6-5-14-12(16)9-15-13(18)8-10-3-2-4-11(17)7-10/h2-7,17H,8-9H2,1H3,(H,15,18). The minimum absolute atomic E-state index is 0.0939. The highest BCUT2D eigenvalue weighted by atomic mass is 16.3. The van der Waals surface area contributed by atoms with Crippen LogP contribution in [0.15, 0.2) is 36.7 Å². The van der Waals surface area contributed by atoms with Crippen LogP contribution >= 0.6 is 0 Å². The first-order valence-electron chi connectivity index (χ1n) is 5.66. The van der Waals surface area contributed by atoms with Crippen molar-refractivity contribution in [2.24, 2.45) is 7.05 Å². The minimum Gasteiger partial charge on any atom is -0.508 e. The molecule has 0 aliphatic heterocycles. The Labute approximate surface area is 105 Å². The van der Waals surface area contributed by atoms with Gasteiger partial charge in [0.1, 0.15) is 11.6 Å². The molecule has 0 bridgehead atoms. The van der Waals surface area contributed by atoms with Crippen LogP contribution in [0.25, 0.3) is 0 Å². The Bertz CT molecular complexity index is 549. The lowest BCUT2D eigenvalue weighted by Crippen LogP contribution is -2.25. The molecule has 0 fully saturated rings. The third kappa shape index (κ3) is 3.10. The number of aromatic nitrogens is 2. The summed E-state index contributed by atoms with van der Waals surface area (Å²) in [5, 5.41) is 12.1. The van der Waals surface area contributed by atoms with Gasteiger partial charge in [0, 0.05) is 19.4 Å². The molecule has 1 aromatic carbocycles. The number of carbonyl (C=O) groups excluding carboxylic acids is 1. The molecule has 18 heavy (non-hydrogen) atoms. The number of amides is 1. The van der Waals surface area contributed by atoms with Crippen molar-refractivity contribution in [1.29, 1.82) is 0 Å². The SMILES string of the molecule is Cn1ccnc1CNC(=O)Cc1cccc(O)c1. The van der Waals surface area contributed by atoms with Crippen LogP contribution in [-0.2, 0) is 24.8 Å². The first-order chi connectivity index (χ1) is 8.65. The third-order valence-corrected chi connectivity index (χ3v) is 2.64. The van der Waals surface area contributed by atoms with Crippen molar-refractivity contribution >= 4 is 5.91 Å². The Morgan fingerprint density at radius 1 is 1.50 bits per heavy atom. The summed E-state index contributed by atoms with van der Waals surface area (Å²) >= 11 is 0. The normalized spacial score (nSPS) is 10.3. The Hall–Kier alpha value is -2.30. The van der Waals surface area contributed by atoms with Crippen molar-refractivity contribution in [3.63, 3.8) is 0 Å². The van der Waals surface area contributed by atoms with Crippen molar-refractivity contribution in [2.75, 3.05) is 0 Å². The summed E-state index contributed by atoms with van der Waals surface area (Å²) in [5.41, 5.74) is 0.785. The van der Waals surface area contributed by atoms with Crippen LogP contribution in [0.3, 0.4) is 0 Å². The molecule has 2 rings (SSSR count). The third-order valence-electron chi connectivity index (χ3n) is 2.64. The van der Waals surface area contributed by atoms with Gasteiger partial charge in [0.2, 0.25) is 5.91 Å². The molecule has 1 aromatic heterocycles. The van der Waals surface area contributed by atoms with Crippen LogP contribution in [0.5, 0.6) is 5.75 Å². The average molecular weight is 245 g/mol. The van der Waals surface area contributed by atoms with Crippen molar-refractivity contribution in [1.82, 2.24) is 14.9 Å². The lowest BCUT2D eigenvalue weighted by molar-refractivity contribution is -0.120. The molecule has 0 aliphatic carbocycles. The molecular formula is C13H15N3O2. The number of phenolic OH excluding ortho intramolecular Hbond substituents is 1. The second kappa shape index (κ2) is 5.35. The molecule has 0 radical (unpaired) electrons. The fourth-order valence-corrected chi connectivity index (χ4v) is 1.66. The molecule has 5 nitrogen and oxygen atoms in total. The monoisotopic (exact) mass is 245 g/mol. The minimum atomic E-state index is -0.0939. The largest absolute Gasteiger partial charge is 0.508 e. The number of imidazole rings is 1. The predicted molar refractivity (Wildman–Crippen MR) is 66.9 cm³/mol. The number of benzene rings is 1. The molecule has 0 aliphatic rings. The first kappa shape index (κ1) is 12.2. The number of hydrogen-bond acceptors (Lipinski definition) is 3. The van der Waals surface area contributed by atoms with Crippen molar-refractivity contribution in [3.8, 4) is 5.75 Å². The van der Waals surface area contributed by atoms with E-state index in [1.54, 1.807) is 30.5 Å². The summed E-state index contributed by atoms with van der Waals surface area (Å²) < 4.78 is 1.86. The second-order valence-corrected chi connectivity index (χ2v) is 4.08. The predicted octanol–water partition coefficient (Wildman–Crippen LogP) is 0.985. The molecule has 94 valence electrons. The van der Waals surface area contributed by atoms with E-state index in [1.165, 1.54) is 0 Å². The van der Waals surface area contributed by atoms with Gasteiger partial charge in [-0.05, 0) is 17.7 Å². The van der Waals surface area contributed by atoms with Crippen LogP contribution in [0.2, 0.25) is 0 Å². The topological polar surface area (TPSA) is 67.2 Å². The van der Waals surface area contributed by atoms with Gasteiger partial charge in [-0.2, -0.15) is 0 Å². The summed E-state index contributed by atoms with van der Waals surface area (Å²) in [6.45, 7) is 0.404. The summed E-state index contributed by atoms with van der Waals surface area (Å²) in [6.07, 6.45) is 3.77. The molecule has 0 spiro atoms. The van der Waals surface area contributed by atoms with Gasteiger partial charge in [-0.1, -0.05) is 12.1 Å². The number of carbonyl (C=O) groups is 1. The van der Waals surface area contributed by atoms with Gasteiger partial charge in [-0.3, -0.25) is 4.79 Å². The molecule has 1 heterocycles. The van der Waals surface area contributed by atoms with Crippen molar-refractivity contribution < 1.29 is 9.90 Å². The number of phenols is 1. The lowest BCUT2D eigenvalue weighted by atomic mass is 10.1. The lowest BCUT2D eigenvalue weighted by Gasteiger charge is -2.05. The Kier molecular flexibility index (Phi) is 3.62. The molecule has 2 aromatic rings. The van der Waals surface area contributed by atoms with Gasteiger partial charge in [0.15, 0.2) is 0 Å². The Balaban J connectivity index is 1.88. The van der Waals surface area contributed by atoms with Gasteiger partial charge in [0.25, 0.3) is 0 Å². The number of aromatic hydroxyl groups is 1. The number of aryl methyl sites for hydroxylation is 1. The zero-order valence-electron chi connectivity index (χ0n) is 10.1. The highest BCUT2D eigenvalue weighted by molar-refractivity contribution is 5.78. The molecule has 0 atom stereocenters. The van der Waals surface area contributed by atoms with E-state index in [-0.39, 0.29) is 18.1 Å². The smallest absolute Gasteiger partial charge is 0.224 e. The van der Waals surface area contributed by atoms with E-state index in [1.807, 2.05) is 17.8 Å². The Morgan fingerprint density at radius 3 is 3.00 bits per heavy atom. The second-order valence-electron chi connectivity index (χ2n) is 4.08. The Morgan fingerprint density at radius 2 is 2.33 bits per heavy atom. The summed E-state index contributed by atoms with van der Waals surface area (Å²) in [5.74, 6) is 0.882. The maximum absolute atomic E-state index is 11.7. The van der Waals surface area contributed by atoms with E-state index in [0.717, 1.165) is 11.4 Å². The van der Waals surface area contributed by atoms with Gasteiger partial charge in [-0.25, -0.2) is 4.98 Å². The zero-order valence-corrected chi connectivity index (χ0v) is 10.1. The maximum Gasteiger partial charge on any atom is 0.224 e. The van der Waals surface area contributed by atoms with Crippen molar-refractivity contribution in [2.45, 2.75) is 13.0 Å². The molecule has 0 saturated heterocycles. The highest BCUT2D eigenvalue weighted by Crippen LogP contribution is 2.11. The number of rotatable bonds is 4. The number of nitrogens with one attached hydrogen (secondary N) is 1. The van der Waals surface area contributed by atoms with Crippen LogP contribution in [-0.4, -0.2) is 20.6 Å². The fourth-order valence-electron chi connectivity index (χ4n) is 1.66. The van der Waals surface area contributed by atoms with Gasteiger partial charge in [-0.15, -0.1) is 0 Å². The van der Waals surface area contributed by atoms with E-state index >= 15 is 0 Å². The maximum atomic E-state index is 11.7. The molecule has 1 amide bonds. The highest BCUT2D eigenvalue weighted by Gasteiger charge is 2.05. The fraction of sp³-hybridized carbons (Fsp3) is 0.231. The van der Waals surface area contributed by atoms with Crippen molar-refractivity contribution in [3.05, 3.63) is 48.0 Å². The molecule has 0 saturated carbocycles. The van der Waals surface area contributed by atoms with Crippen LogP contribution in [0, 0.1) is 0 Å². The zero-order chi connectivity index (χ0) is 13.0. The summed E-state index contributed by atoms with van der Waals surface area (Å²) in [7, 11) is 1.88. The van der Waals surface area contributed by atoms with E-state index in [9.17, 15) is 9.90 Å². The average Bonchev–Trinajstić information content (AvgIpc) is 2.72. The quantitative estimate of drug-likeness (QED) is 0.844. The van der Waals surface area contributed by atoms with E-state index in [2.05, 4.69) is 10.3 Å². The molecule has 2 N–H and O–H groups in total. The van der Waals surface area contributed by atoms with E-state index < -0.39 is 0 Å². The van der Waals surface area contributed by atoms with Gasteiger partial charge < -0.3 is 15.0 Å². The van der Waals surface area contributed by atoms with E-state index in [0.29, 0.717) is 6.54 Å². The van der Waals surface area contributed by atoms with Crippen LogP contribution in [0.1, 0.15) is 11.4 Å². The van der Waals surface area contributed by atoms with Gasteiger partial charge >= 0.3 is 0 Å². The van der Waals surface area contributed by atoms with Crippen LogP contribution in [0.4, 0.5) is 0 Å². The number of nitrogens with zero attached hydrogens (tertiary/aromatic N) is 2. The summed E-state index contributed by atoms with van der Waals surface area (Å²) in [4.78, 5) is 15.8. The first-order valence-corrected chi connectivity index (χ1v) is 5.66. The van der Waals surface area contributed by atoms with Gasteiger partial charge in [0.05, 0.1) is 13.0 Å². The summed E-state index contributed by atoms with van der Waals surface area (Å²) in [6, 6.07) is 6.69. The molecule has 5 heteroatoms. The molecular weight excluding hydrogens is 230 g/mol. The van der Waals surface area contributed by atoms with E-state index in [4.69, 9.17) is 0 Å². The van der Waals surface area contributed by atoms with Crippen LogP contribution < -0.4 is 5.32 Å². The number of hydrogen-bond donors (Lipinski definition) is 2.